The molecular formula is C23H15F3N2OS. The fraction of sp³-hybridized carbons (Fsp3) is 0.0435. The van der Waals surface area contributed by atoms with Crippen molar-refractivity contribution in [1.82, 2.24) is 4.98 Å². The molecule has 0 aliphatic carbocycles. The second-order valence-electron chi connectivity index (χ2n) is 6.52. The van der Waals surface area contributed by atoms with Gasteiger partial charge < -0.3 is 5.32 Å². The second kappa shape index (κ2) is 8.12. The molecule has 1 N–H and O–H groups in total. The summed E-state index contributed by atoms with van der Waals surface area (Å²) in [5.41, 5.74) is 2.13. The molecular weight excluding hydrogens is 409 g/mol. The zero-order valence-corrected chi connectivity index (χ0v) is 16.3. The molecule has 0 radical (unpaired) electrons. The van der Waals surface area contributed by atoms with Gasteiger partial charge in [0.1, 0.15) is 5.01 Å². The summed E-state index contributed by atoms with van der Waals surface area (Å²) in [4.78, 5) is 17.1. The lowest BCUT2D eigenvalue weighted by atomic mass is 10.1. The predicted octanol–water partition coefficient (Wildman–Crippen LogP) is 6.75. The number of thiazole rings is 1. The third-order valence-electron chi connectivity index (χ3n) is 4.39. The van der Waals surface area contributed by atoms with Crippen LogP contribution in [0.1, 0.15) is 15.9 Å². The van der Waals surface area contributed by atoms with E-state index in [-0.39, 0.29) is 5.56 Å². The Morgan fingerprint density at radius 3 is 2.37 bits per heavy atom. The number of carbonyl (C=O) groups excluding carboxylic acids is 1. The maximum atomic E-state index is 12.9. The molecule has 0 saturated carbocycles. The molecule has 0 fully saturated rings. The summed E-state index contributed by atoms with van der Waals surface area (Å²) in [5.74, 6) is -0.610. The summed E-state index contributed by atoms with van der Waals surface area (Å²) in [7, 11) is 0. The van der Waals surface area contributed by atoms with Crippen molar-refractivity contribution >= 4 is 22.9 Å². The quantitative estimate of drug-likeness (QED) is 0.394. The van der Waals surface area contributed by atoms with E-state index in [9.17, 15) is 18.0 Å². The van der Waals surface area contributed by atoms with E-state index in [1.165, 1.54) is 23.5 Å². The molecule has 0 spiro atoms. The largest absolute Gasteiger partial charge is 0.416 e. The minimum Gasteiger partial charge on any atom is -0.322 e. The van der Waals surface area contributed by atoms with Crippen LogP contribution in [0.2, 0.25) is 0 Å². The molecule has 4 aromatic rings. The Labute approximate surface area is 174 Å². The highest BCUT2D eigenvalue weighted by atomic mass is 32.1. The van der Waals surface area contributed by atoms with Crippen LogP contribution in [0, 0.1) is 0 Å². The Hall–Kier alpha value is -3.45. The molecule has 0 atom stereocenters. The second-order valence-corrected chi connectivity index (χ2v) is 7.38. The first-order valence-corrected chi connectivity index (χ1v) is 9.88. The molecule has 0 unspecified atom stereocenters. The van der Waals surface area contributed by atoms with Gasteiger partial charge in [0, 0.05) is 27.8 Å². The zero-order valence-electron chi connectivity index (χ0n) is 15.5. The summed E-state index contributed by atoms with van der Waals surface area (Å²) in [6, 6.07) is 21.2. The van der Waals surface area contributed by atoms with Gasteiger partial charge >= 0.3 is 6.18 Å². The highest BCUT2D eigenvalue weighted by Gasteiger charge is 2.30. The van der Waals surface area contributed by atoms with Gasteiger partial charge in [-0.2, -0.15) is 13.2 Å². The van der Waals surface area contributed by atoms with Gasteiger partial charge in [-0.3, -0.25) is 4.79 Å². The predicted molar refractivity (Wildman–Crippen MR) is 112 cm³/mol. The third kappa shape index (κ3) is 4.41. The van der Waals surface area contributed by atoms with E-state index in [1.807, 2.05) is 41.8 Å². The summed E-state index contributed by atoms with van der Waals surface area (Å²) in [6.07, 6.45) is -4.50. The highest BCUT2D eigenvalue weighted by molar-refractivity contribution is 7.13. The van der Waals surface area contributed by atoms with Crippen LogP contribution in [0.3, 0.4) is 0 Å². The van der Waals surface area contributed by atoms with Crippen LogP contribution in [-0.4, -0.2) is 10.9 Å². The Morgan fingerprint density at radius 2 is 1.60 bits per heavy atom. The van der Waals surface area contributed by atoms with E-state index < -0.39 is 17.6 Å². The Bertz CT molecular complexity index is 1190. The fourth-order valence-electron chi connectivity index (χ4n) is 2.92. The summed E-state index contributed by atoms with van der Waals surface area (Å²) in [6.45, 7) is 0. The normalized spacial score (nSPS) is 11.3. The van der Waals surface area contributed by atoms with Gasteiger partial charge in [-0.15, -0.1) is 11.3 Å². The van der Waals surface area contributed by atoms with Crippen molar-refractivity contribution in [3.8, 4) is 21.8 Å². The molecule has 1 aromatic heterocycles. The van der Waals surface area contributed by atoms with Gasteiger partial charge in [0.15, 0.2) is 0 Å². The third-order valence-corrected chi connectivity index (χ3v) is 5.28. The van der Waals surface area contributed by atoms with Gasteiger partial charge in [0.2, 0.25) is 0 Å². The maximum absolute atomic E-state index is 12.9. The van der Waals surface area contributed by atoms with Crippen molar-refractivity contribution in [3.63, 3.8) is 0 Å². The van der Waals surface area contributed by atoms with Crippen LogP contribution in [0.15, 0.2) is 84.2 Å². The van der Waals surface area contributed by atoms with Gasteiger partial charge in [-0.05, 0) is 30.3 Å². The summed E-state index contributed by atoms with van der Waals surface area (Å²) >= 11 is 1.51. The average molecular weight is 424 g/mol. The van der Waals surface area contributed by atoms with Crippen molar-refractivity contribution in [2.45, 2.75) is 6.18 Å². The molecule has 0 aliphatic rings. The van der Waals surface area contributed by atoms with Gasteiger partial charge in [-0.1, -0.05) is 48.5 Å². The van der Waals surface area contributed by atoms with E-state index in [4.69, 9.17) is 0 Å². The number of halogens is 3. The maximum Gasteiger partial charge on any atom is 0.416 e. The minimum absolute atomic E-state index is 0.0600. The summed E-state index contributed by atoms with van der Waals surface area (Å²) in [5, 5.41) is 5.46. The molecule has 0 saturated heterocycles. The number of benzene rings is 3. The standard InChI is InChI=1S/C23H15F3N2OS/c24-23(25,26)18-10-4-9-17(12-18)21(29)27-19-11-5-8-16(13-19)20-14-30-22(28-20)15-6-2-1-3-7-15/h1-14H,(H,27,29). The van der Waals surface area contributed by atoms with E-state index in [0.29, 0.717) is 5.69 Å². The van der Waals surface area contributed by atoms with Crippen molar-refractivity contribution in [1.29, 1.82) is 0 Å². The molecule has 3 nitrogen and oxygen atoms in total. The number of anilines is 1. The van der Waals surface area contributed by atoms with Gasteiger partial charge in [-0.25, -0.2) is 4.98 Å². The molecule has 0 aliphatic heterocycles. The Balaban J connectivity index is 1.55. The highest BCUT2D eigenvalue weighted by Crippen LogP contribution is 2.31. The van der Waals surface area contributed by atoms with Crippen molar-refractivity contribution in [2.24, 2.45) is 0 Å². The lowest BCUT2D eigenvalue weighted by Crippen LogP contribution is -2.13. The van der Waals surface area contributed by atoms with Gasteiger partial charge in [0.25, 0.3) is 5.91 Å². The smallest absolute Gasteiger partial charge is 0.322 e. The molecule has 30 heavy (non-hydrogen) atoms. The molecule has 1 amide bonds. The number of alkyl halides is 3. The number of rotatable bonds is 4. The van der Waals surface area contributed by atoms with Crippen LogP contribution >= 0.6 is 11.3 Å². The Kier molecular flexibility index (Phi) is 5.37. The number of aromatic nitrogens is 1. The van der Waals surface area contributed by atoms with Crippen LogP contribution < -0.4 is 5.32 Å². The minimum atomic E-state index is -4.50. The van der Waals surface area contributed by atoms with Crippen molar-refractivity contribution < 1.29 is 18.0 Å². The number of carbonyl (C=O) groups is 1. The van der Waals surface area contributed by atoms with Crippen molar-refractivity contribution in [2.75, 3.05) is 5.32 Å². The van der Waals surface area contributed by atoms with E-state index >= 15 is 0 Å². The number of hydrogen-bond donors (Lipinski definition) is 1. The van der Waals surface area contributed by atoms with Crippen LogP contribution in [0.4, 0.5) is 18.9 Å². The Morgan fingerprint density at radius 1 is 0.867 bits per heavy atom. The van der Waals surface area contributed by atoms with E-state index in [1.54, 1.807) is 18.2 Å². The van der Waals surface area contributed by atoms with Crippen LogP contribution in [-0.2, 0) is 6.18 Å². The monoisotopic (exact) mass is 424 g/mol. The number of nitrogens with one attached hydrogen (secondary N) is 1. The number of amides is 1. The SMILES string of the molecule is O=C(Nc1cccc(-c2csc(-c3ccccc3)n2)c1)c1cccc(C(F)(F)F)c1. The molecule has 1 heterocycles. The molecule has 4 rings (SSSR count). The lowest BCUT2D eigenvalue weighted by Gasteiger charge is -2.10. The number of nitrogens with zero attached hydrogens (tertiary/aromatic N) is 1. The fourth-order valence-corrected chi connectivity index (χ4v) is 3.75. The van der Waals surface area contributed by atoms with Crippen LogP contribution in [0.25, 0.3) is 21.8 Å². The van der Waals surface area contributed by atoms with Crippen LogP contribution in [0.5, 0.6) is 0 Å². The van der Waals surface area contributed by atoms with E-state index in [2.05, 4.69) is 10.3 Å². The first-order valence-electron chi connectivity index (χ1n) is 9.00. The number of hydrogen-bond acceptors (Lipinski definition) is 3. The molecule has 150 valence electrons. The molecule has 0 bridgehead atoms. The lowest BCUT2D eigenvalue weighted by molar-refractivity contribution is -0.137. The average Bonchev–Trinajstić information content (AvgIpc) is 3.24. The molecule has 7 heteroatoms. The van der Waals surface area contributed by atoms with Gasteiger partial charge in [0.05, 0.1) is 11.3 Å². The molecule has 3 aromatic carbocycles. The topological polar surface area (TPSA) is 42.0 Å². The first-order chi connectivity index (χ1) is 14.4. The summed E-state index contributed by atoms with van der Waals surface area (Å²) < 4.78 is 38.7. The first kappa shape index (κ1) is 19.8. The zero-order chi connectivity index (χ0) is 21.1. The van der Waals surface area contributed by atoms with E-state index in [0.717, 1.165) is 34.0 Å². The van der Waals surface area contributed by atoms with Crippen molar-refractivity contribution in [3.05, 3.63) is 95.4 Å².